The summed E-state index contributed by atoms with van der Waals surface area (Å²) in [6, 6.07) is 20.9. The number of hydrogen-bond donors (Lipinski definition) is 2. The highest BCUT2D eigenvalue weighted by Crippen LogP contribution is 2.39. The Hall–Kier alpha value is -4.24. The lowest BCUT2D eigenvalue weighted by Crippen LogP contribution is -2.28. The van der Waals surface area contributed by atoms with Crippen LogP contribution < -0.4 is 24.8 Å². The van der Waals surface area contributed by atoms with Gasteiger partial charge in [0.1, 0.15) is 5.75 Å². The Kier molecular flexibility index (Phi) is 7.37. The molecule has 1 aliphatic rings. The molecular formula is C28H28ClN5O4. The molecule has 2 atom stereocenters. The van der Waals surface area contributed by atoms with Gasteiger partial charge in [0, 0.05) is 5.02 Å². The van der Waals surface area contributed by atoms with Crippen molar-refractivity contribution in [3.63, 3.8) is 0 Å². The summed E-state index contributed by atoms with van der Waals surface area (Å²) < 4.78 is 17.8. The maximum atomic E-state index is 12.9. The molecule has 1 amide bonds. The zero-order chi connectivity index (χ0) is 26.6. The first-order chi connectivity index (χ1) is 18.5. The second kappa shape index (κ2) is 11.0. The van der Waals surface area contributed by atoms with E-state index in [1.807, 2.05) is 59.3 Å². The lowest BCUT2D eigenvalue weighted by molar-refractivity contribution is -0.115. The third-order valence-corrected chi connectivity index (χ3v) is 6.78. The average Bonchev–Trinajstić information content (AvgIpc) is 3.35. The molecule has 4 aromatic rings. The van der Waals surface area contributed by atoms with E-state index in [-0.39, 0.29) is 30.4 Å². The lowest BCUT2D eigenvalue weighted by atomic mass is 9.93. The molecule has 5 rings (SSSR count). The van der Waals surface area contributed by atoms with Crippen molar-refractivity contribution in [3.05, 3.63) is 88.4 Å². The first-order valence-electron chi connectivity index (χ1n) is 12.1. The van der Waals surface area contributed by atoms with E-state index in [4.69, 9.17) is 25.8 Å². The van der Waals surface area contributed by atoms with Crippen LogP contribution in [0.25, 0.3) is 0 Å². The number of halogens is 1. The van der Waals surface area contributed by atoms with E-state index in [9.17, 15) is 4.79 Å². The summed E-state index contributed by atoms with van der Waals surface area (Å²) in [6.07, 6.45) is 0.857. The highest BCUT2D eigenvalue weighted by Gasteiger charge is 2.31. The molecule has 1 aromatic heterocycles. The highest BCUT2D eigenvalue weighted by molar-refractivity contribution is 6.30. The summed E-state index contributed by atoms with van der Waals surface area (Å²) in [5.41, 5.74) is 2.92. The molecule has 0 bridgehead atoms. The number of hydrogen-bond acceptors (Lipinski definition) is 7. The molecule has 0 aliphatic carbocycles. The number of nitrogens with one attached hydrogen (secondary N) is 2. The van der Waals surface area contributed by atoms with Gasteiger partial charge in [-0.25, -0.2) is 4.68 Å². The van der Waals surface area contributed by atoms with Gasteiger partial charge in [-0.3, -0.25) is 10.1 Å². The van der Waals surface area contributed by atoms with E-state index in [1.54, 1.807) is 33.5 Å². The van der Waals surface area contributed by atoms with Crippen molar-refractivity contribution in [1.82, 2.24) is 14.8 Å². The van der Waals surface area contributed by atoms with E-state index in [0.29, 0.717) is 22.5 Å². The molecule has 38 heavy (non-hydrogen) atoms. The number of carbonyl (C=O) groups excluding carboxylic acids is 1. The molecule has 3 aromatic carbocycles. The number of benzene rings is 3. The first kappa shape index (κ1) is 25.4. The highest BCUT2D eigenvalue weighted by atomic mass is 35.5. The summed E-state index contributed by atoms with van der Waals surface area (Å²) in [4.78, 5) is 17.5. The van der Waals surface area contributed by atoms with Crippen molar-refractivity contribution in [3.8, 4) is 17.2 Å². The van der Waals surface area contributed by atoms with Crippen LogP contribution in [0.1, 0.15) is 35.2 Å². The fourth-order valence-corrected chi connectivity index (χ4v) is 4.72. The largest absolute Gasteiger partial charge is 0.497 e. The topological polar surface area (TPSA) is 99.5 Å². The fourth-order valence-electron chi connectivity index (χ4n) is 4.59. The fraction of sp³-hybridized carbons (Fsp3) is 0.250. The molecule has 0 radical (unpaired) electrons. The third-order valence-electron chi connectivity index (χ3n) is 6.53. The van der Waals surface area contributed by atoms with Gasteiger partial charge >= 0.3 is 0 Å². The number of methoxy groups -OCH3 is 3. The number of fused-ring (bicyclic) bond motifs is 1. The van der Waals surface area contributed by atoms with Gasteiger partial charge in [-0.05, 0) is 59.5 Å². The summed E-state index contributed by atoms with van der Waals surface area (Å²) in [5, 5.41) is 11.6. The van der Waals surface area contributed by atoms with Crippen molar-refractivity contribution in [2.24, 2.45) is 0 Å². The third kappa shape index (κ3) is 5.38. The van der Waals surface area contributed by atoms with E-state index >= 15 is 0 Å². The molecule has 196 valence electrons. The SMILES string of the molecule is COc1ccc([C@H]2C[C@H](c3ccc(Cl)cc3)Nc3nc(NC(=O)Cc4ccc(OC)c(OC)c4)nn32)cc1. The second-order valence-electron chi connectivity index (χ2n) is 8.89. The Morgan fingerprint density at radius 2 is 1.68 bits per heavy atom. The lowest BCUT2D eigenvalue weighted by Gasteiger charge is -2.31. The zero-order valence-corrected chi connectivity index (χ0v) is 22.0. The van der Waals surface area contributed by atoms with Gasteiger partial charge in [0.2, 0.25) is 11.9 Å². The van der Waals surface area contributed by atoms with Crippen LogP contribution in [0.3, 0.4) is 0 Å². The Morgan fingerprint density at radius 1 is 0.974 bits per heavy atom. The van der Waals surface area contributed by atoms with Gasteiger partial charge in [-0.2, -0.15) is 4.98 Å². The Bertz CT molecular complexity index is 1420. The smallest absolute Gasteiger partial charge is 0.250 e. The molecule has 0 saturated heterocycles. The molecule has 0 saturated carbocycles. The summed E-state index contributed by atoms with van der Waals surface area (Å²) >= 11 is 6.11. The van der Waals surface area contributed by atoms with Crippen molar-refractivity contribution < 1.29 is 19.0 Å². The summed E-state index contributed by atoms with van der Waals surface area (Å²) in [5.74, 6) is 2.50. The molecule has 2 heterocycles. The predicted molar refractivity (Wildman–Crippen MR) is 145 cm³/mol. The van der Waals surface area contributed by atoms with Gasteiger partial charge in [0.25, 0.3) is 5.95 Å². The van der Waals surface area contributed by atoms with Crippen LogP contribution in [0.2, 0.25) is 5.02 Å². The Morgan fingerprint density at radius 3 is 2.37 bits per heavy atom. The molecular weight excluding hydrogens is 506 g/mol. The molecule has 0 unspecified atom stereocenters. The number of carbonyl (C=O) groups is 1. The summed E-state index contributed by atoms with van der Waals surface area (Å²) in [7, 11) is 4.77. The van der Waals surface area contributed by atoms with E-state index in [0.717, 1.165) is 28.9 Å². The number of nitrogens with zero attached hydrogens (tertiary/aromatic N) is 3. The first-order valence-corrected chi connectivity index (χ1v) is 12.5. The molecule has 9 nitrogen and oxygen atoms in total. The van der Waals surface area contributed by atoms with E-state index in [1.165, 1.54) is 0 Å². The van der Waals surface area contributed by atoms with Crippen LogP contribution in [-0.4, -0.2) is 42.0 Å². The van der Waals surface area contributed by atoms with Crippen molar-refractivity contribution in [2.45, 2.75) is 24.9 Å². The molecule has 10 heteroatoms. The standard InChI is InChI=1S/C28H28ClN5O4/c1-36-21-11-7-19(8-12-21)23-16-22(18-5-9-20(29)10-6-18)30-28-32-27(33-34(23)28)31-26(35)15-17-4-13-24(37-2)25(14-17)38-3/h4-14,22-23H,15-16H2,1-3H3,(H2,30,31,32,33,35)/t22-,23-/m1/s1. The minimum atomic E-state index is -0.240. The second-order valence-corrected chi connectivity index (χ2v) is 9.33. The molecule has 0 spiro atoms. The van der Waals surface area contributed by atoms with Crippen LogP contribution in [0.15, 0.2) is 66.7 Å². The number of rotatable bonds is 8. The van der Waals surface area contributed by atoms with E-state index in [2.05, 4.69) is 20.7 Å². The zero-order valence-electron chi connectivity index (χ0n) is 21.3. The van der Waals surface area contributed by atoms with Crippen molar-refractivity contribution in [2.75, 3.05) is 32.0 Å². The molecule has 0 fully saturated rings. The Balaban J connectivity index is 1.40. The minimum Gasteiger partial charge on any atom is -0.497 e. The number of aromatic nitrogens is 3. The van der Waals surface area contributed by atoms with Crippen molar-refractivity contribution in [1.29, 1.82) is 0 Å². The normalized spacial score (nSPS) is 16.2. The maximum absolute atomic E-state index is 12.9. The quantitative estimate of drug-likeness (QED) is 0.317. The van der Waals surface area contributed by atoms with Gasteiger partial charge < -0.3 is 19.5 Å². The number of anilines is 2. The molecule has 2 N–H and O–H groups in total. The van der Waals surface area contributed by atoms with Gasteiger partial charge in [-0.1, -0.05) is 41.9 Å². The van der Waals surface area contributed by atoms with Crippen LogP contribution in [-0.2, 0) is 11.2 Å². The van der Waals surface area contributed by atoms with Crippen molar-refractivity contribution >= 4 is 29.4 Å². The van der Waals surface area contributed by atoms with Gasteiger partial charge in [-0.15, -0.1) is 5.10 Å². The summed E-state index contributed by atoms with van der Waals surface area (Å²) in [6.45, 7) is 0. The minimum absolute atomic E-state index is 0.0219. The number of amides is 1. The average molecular weight is 534 g/mol. The molecule has 1 aliphatic heterocycles. The van der Waals surface area contributed by atoms with Crippen LogP contribution in [0.4, 0.5) is 11.9 Å². The van der Waals surface area contributed by atoms with Gasteiger partial charge in [0.15, 0.2) is 11.5 Å². The predicted octanol–water partition coefficient (Wildman–Crippen LogP) is 5.28. The van der Waals surface area contributed by atoms with Crippen LogP contribution in [0, 0.1) is 0 Å². The Labute approximate surface area is 225 Å². The maximum Gasteiger partial charge on any atom is 0.250 e. The van der Waals surface area contributed by atoms with Crippen LogP contribution in [0.5, 0.6) is 17.2 Å². The number of ether oxygens (including phenoxy) is 3. The van der Waals surface area contributed by atoms with Gasteiger partial charge in [0.05, 0.1) is 39.8 Å². The van der Waals surface area contributed by atoms with Crippen LogP contribution >= 0.6 is 11.6 Å². The van der Waals surface area contributed by atoms with E-state index < -0.39 is 0 Å². The monoisotopic (exact) mass is 533 g/mol.